The molecule has 0 amide bonds. The number of aliphatic carboxylic acids is 1. The molecule has 3 N–H and O–H groups in total. The monoisotopic (exact) mass is 184 g/mol. The number of hydrogen-bond acceptors (Lipinski definition) is 3. The molecule has 0 spiro atoms. The van der Waals surface area contributed by atoms with E-state index in [4.69, 9.17) is 5.11 Å². The minimum absolute atomic E-state index is 0.493. The Hall–Kier alpha value is -0.870. The first-order valence-electron chi connectivity index (χ1n) is 4.62. The summed E-state index contributed by atoms with van der Waals surface area (Å²) in [6, 6.07) is 0.493. The van der Waals surface area contributed by atoms with Crippen LogP contribution < -0.4 is 10.6 Å². The Morgan fingerprint density at radius 3 is 3.15 bits per heavy atom. The van der Waals surface area contributed by atoms with Gasteiger partial charge in [0, 0.05) is 25.2 Å². The van der Waals surface area contributed by atoms with Gasteiger partial charge in [0.05, 0.1) is 0 Å². The van der Waals surface area contributed by atoms with E-state index in [-0.39, 0.29) is 0 Å². The van der Waals surface area contributed by atoms with Gasteiger partial charge in [0.25, 0.3) is 0 Å². The van der Waals surface area contributed by atoms with E-state index in [0.29, 0.717) is 12.6 Å². The maximum atomic E-state index is 10.1. The van der Waals surface area contributed by atoms with Crippen LogP contribution in [0.5, 0.6) is 0 Å². The minimum Gasteiger partial charge on any atom is -0.478 e. The van der Waals surface area contributed by atoms with Crippen molar-refractivity contribution in [2.24, 2.45) is 0 Å². The zero-order valence-corrected chi connectivity index (χ0v) is 7.62. The van der Waals surface area contributed by atoms with E-state index in [9.17, 15) is 4.79 Å². The molecule has 1 heterocycles. The second-order valence-corrected chi connectivity index (χ2v) is 3.19. The van der Waals surface area contributed by atoms with E-state index in [2.05, 4.69) is 10.6 Å². The van der Waals surface area contributed by atoms with Crippen molar-refractivity contribution < 1.29 is 9.90 Å². The Labute approximate surface area is 78.0 Å². The molecule has 1 atom stereocenters. The lowest BCUT2D eigenvalue weighted by atomic mass is 10.1. The van der Waals surface area contributed by atoms with Gasteiger partial charge in [0.15, 0.2) is 0 Å². The van der Waals surface area contributed by atoms with Gasteiger partial charge in [0.2, 0.25) is 0 Å². The molecule has 0 saturated carbocycles. The van der Waals surface area contributed by atoms with Crippen LogP contribution in [0, 0.1) is 0 Å². The van der Waals surface area contributed by atoms with Crippen LogP contribution in [0.1, 0.15) is 12.8 Å². The van der Waals surface area contributed by atoms with E-state index in [1.54, 1.807) is 6.08 Å². The van der Waals surface area contributed by atoms with Crippen molar-refractivity contribution in [1.82, 2.24) is 10.6 Å². The fourth-order valence-corrected chi connectivity index (χ4v) is 1.42. The molecule has 74 valence electrons. The topological polar surface area (TPSA) is 61.4 Å². The molecular weight excluding hydrogens is 168 g/mol. The summed E-state index contributed by atoms with van der Waals surface area (Å²) in [6.07, 6.45) is 5.18. The van der Waals surface area contributed by atoms with Crippen LogP contribution in [-0.4, -0.2) is 36.8 Å². The number of carboxylic acids is 1. The normalized spacial score (nSPS) is 23.5. The van der Waals surface area contributed by atoms with Crippen LogP contribution >= 0.6 is 0 Å². The highest BCUT2D eigenvalue weighted by Crippen LogP contribution is 2.00. The first-order chi connectivity index (χ1) is 6.29. The Bertz CT molecular complexity index is 186. The van der Waals surface area contributed by atoms with Crippen molar-refractivity contribution in [3.63, 3.8) is 0 Å². The van der Waals surface area contributed by atoms with Crippen molar-refractivity contribution in [2.45, 2.75) is 18.9 Å². The lowest BCUT2D eigenvalue weighted by molar-refractivity contribution is -0.131. The zero-order valence-electron chi connectivity index (χ0n) is 7.62. The largest absolute Gasteiger partial charge is 0.478 e. The molecule has 0 aromatic carbocycles. The summed E-state index contributed by atoms with van der Waals surface area (Å²) in [5, 5.41) is 14.9. The van der Waals surface area contributed by atoms with E-state index >= 15 is 0 Å². The lowest BCUT2D eigenvalue weighted by Gasteiger charge is -2.23. The van der Waals surface area contributed by atoms with Crippen LogP contribution in [-0.2, 0) is 4.79 Å². The average Bonchev–Trinajstić information content (AvgIpc) is 2.14. The van der Waals surface area contributed by atoms with Crippen molar-refractivity contribution in [2.75, 3.05) is 19.6 Å². The fourth-order valence-electron chi connectivity index (χ4n) is 1.42. The van der Waals surface area contributed by atoms with Crippen LogP contribution in [0.2, 0.25) is 0 Å². The summed E-state index contributed by atoms with van der Waals surface area (Å²) in [7, 11) is 0. The quantitative estimate of drug-likeness (QED) is 0.537. The van der Waals surface area contributed by atoms with Crippen molar-refractivity contribution in [3.8, 4) is 0 Å². The molecule has 0 bridgehead atoms. The Balaban J connectivity index is 2.07. The second kappa shape index (κ2) is 5.72. The number of piperidine rings is 1. The zero-order chi connectivity index (χ0) is 9.52. The smallest absolute Gasteiger partial charge is 0.328 e. The van der Waals surface area contributed by atoms with Gasteiger partial charge in [-0.25, -0.2) is 4.79 Å². The molecule has 13 heavy (non-hydrogen) atoms. The Kier molecular flexibility index (Phi) is 4.49. The first-order valence-corrected chi connectivity index (χ1v) is 4.62. The summed E-state index contributed by atoms with van der Waals surface area (Å²) < 4.78 is 0. The molecule has 1 aliphatic rings. The molecule has 0 unspecified atom stereocenters. The van der Waals surface area contributed by atoms with Crippen molar-refractivity contribution in [1.29, 1.82) is 0 Å². The van der Waals surface area contributed by atoms with Gasteiger partial charge in [-0.05, 0) is 19.4 Å². The SMILES string of the molecule is O=C(O)/C=C/CN[C@H]1CCCNC1. The van der Waals surface area contributed by atoms with Crippen LogP contribution in [0.4, 0.5) is 0 Å². The second-order valence-electron chi connectivity index (χ2n) is 3.19. The maximum absolute atomic E-state index is 10.1. The van der Waals surface area contributed by atoms with E-state index < -0.39 is 5.97 Å². The van der Waals surface area contributed by atoms with Crippen LogP contribution in [0.15, 0.2) is 12.2 Å². The third-order valence-electron chi connectivity index (χ3n) is 2.08. The highest BCUT2D eigenvalue weighted by Gasteiger charge is 2.10. The van der Waals surface area contributed by atoms with Crippen molar-refractivity contribution in [3.05, 3.63) is 12.2 Å². The number of rotatable bonds is 4. The van der Waals surface area contributed by atoms with Gasteiger partial charge >= 0.3 is 5.97 Å². The molecule has 0 aromatic rings. The molecule has 4 nitrogen and oxygen atoms in total. The molecule has 0 aromatic heterocycles. The number of hydrogen-bond donors (Lipinski definition) is 3. The van der Waals surface area contributed by atoms with Crippen LogP contribution in [0.25, 0.3) is 0 Å². The summed E-state index contributed by atoms with van der Waals surface area (Å²) in [5.41, 5.74) is 0. The minimum atomic E-state index is -0.886. The molecular formula is C9H16N2O2. The summed E-state index contributed by atoms with van der Waals surface area (Å²) in [6.45, 7) is 2.72. The summed E-state index contributed by atoms with van der Waals surface area (Å²) in [5.74, 6) is -0.886. The van der Waals surface area contributed by atoms with Crippen LogP contribution in [0.3, 0.4) is 0 Å². The van der Waals surface area contributed by atoms with Gasteiger partial charge in [-0.2, -0.15) is 0 Å². The van der Waals surface area contributed by atoms with Gasteiger partial charge in [-0.3, -0.25) is 0 Å². The molecule has 0 radical (unpaired) electrons. The predicted octanol–water partition coefficient (Wildman–Crippen LogP) is -0.0312. The number of carboxylic acid groups (broad SMARTS) is 1. The summed E-state index contributed by atoms with van der Waals surface area (Å²) >= 11 is 0. The molecule has 1 rings (SSSR count). The average molecular weight is 184 g/mol. The molecule has 1 saturated heterocycles. The highest BCUT2D eigenvalue weighted by atomic mass is 16.4. The van der Waals surface area contributed by atoms with Gasteiger partial charge in [-0.15, -0.1) is 0 Å². The predicted molar refractivity (Wildman–Crippen MR) is 50.7 cm³/mol. The first kappa shape index (κ1) is 10.2. The third-order valence-corrected chi connectivity index (χ3v) is 2.08. The molecule has 1 aliphatic heterocycles. The lowest BCUT2D eigenvalue weighted by Crippen LogP contribution is -2.43. The summed E-state index contributed by atoms with van der Waals surface area (Å²) in [4.78, 5) is 10.1. The van der Waals surface area contributed by atoms with E-state index in [1.165, 1.54) is 18.9 Å². The molecule has 0 aliphatic carbocycles. The Morgan fingerprint density at radius 2 is 2.54 bits per heavy atom. The van der Waals surface area contributed by atoms with E-state index in [0.717, 1.165) is 13.1 Å². The van der Waals surface area contributed by atoms with Gasteiger partial charge in [0.1, 0.15) is 0 Å². The molecule has 4 heteroatoms. The number of nitrogens with one attached hydrogen (secondary N) is 2. The van der Waals surface area contributed by atoms with Crippen molar-refractivity contribution >= 4 is 5.97 Å². The van der Waals surface area contributed by atoms with E-state index in [1.807, 2.05) is 0 Å². The maximum Gasteiger partial charge on any atom is 0.328 e. The Morgan fingerprint density at radius 1 is 1.69 bits per heavy atom. The van der Waals surface area contributed by atoms with Gasteiger partial charge in [-0.1, -0.05) is 6.08 Å². The number of carbonyl (C=O) groups is 1. The molecule has 1 fully saturated rings. The highest BCUT2D eigenvalue weighted by molar-refractivity contribution is 5.79. The fraction of sp³-hybridized carbons (Fsp3) is 0.667. The van der Waals surface area contributed by atoms with Gasteiger partial charge < -0.3 is 15.7 Å². The third kappa shape index (κ3) is 4.65. The standard InChI is InChI=1S/C9H16N2O2/c12-9(13)4-2-6-11-8-3-1-5-10-7-8/h2,4,8,10-11H,1,3,5-7H2,(H,12,13)/b4-2+/t8-/m0/s1.